The molecular formula is C14H18O5. The maximum Gasteiger partial charge on any atom is 0.307 e. The van der Waals surface area contributed by atoms with E-state index >= 15 is 0 Å². The summed E-state index contributed by atoms with van der Waals surface area (Å²) in [5.41, 5.74) is 0.202. The van der Waals surface area contributed by atoms with Crippen molar-refractivity contribution in [1.29, 1.82) is 0 Å². The number of carbonyl (C=O) groups is 2. The molecule has 0 bridgehead atoms. The van der Waals surface area contributed by atoms with Crippen LogP contribution in [-0.2, 0) is 23.8 Å². The van der Waals surface area contributed by atoms with E-state index in [1.807, 2.05) is 6.92 Å². The summed E-state index contributed by atoms with van der Waals surface area (Å²) in [6, 6.07) is 0. The van der Waals surface area contributed by atoms with Crippen molar-refractivity contribution in [2.24, 2.45) is 5.92 Å². The first-order valence-corrected chi connectivity index (χ1v) is 6.19. The molecule has 104 valence electrons. The van der Waals surface area contributed by atoms with Gasteiger partial charge in [-0.3, -0.25) is 9.59 Å². The van der Waals surface area contributed by atoms with Crippen molar-refractivity contribution in [1.82, 2.24) is 0 Å². The molecule has 0 spiro atoms. The summed E-state index contributed by atoms with van der Waals surface area (Å²) in [5.74, 6) is 0.534. The third-order valence-corrected chi connectivity index (χ3v) is 3.77. The summed E-state index contributed by atoms with van der Waals surface area (Å²) < 4.78 is 16.2. The topological polar surface area (TPSA) is 61.8 Å². The summed E-state index contributed by atoms with van der Waals surface area (Å²) in [5, 5.41) is 0. The third-order valence-electron chi connectivity index (χ3n) is 3.77. The molecule has 0 unspecified atom stereocenters. The number of methoxy groups -OCH3 is 1. The van der Waals surface area contributed by atoms with E-state index in [4.69, 9.17) is 14.2 Å². The van der Waals surface area contributed by atoms with E-state index < -0.39 is 5.60 Å². The Kier molecular flexibility index (Phi) is 3.49. The average molecular weight is 266 g/mol. The quantitative estimate of drug-likeness (QED) is 0.562. The Morgan fingerprint density at radius 2 is 2.16 bits per heavy atom. The van der Waals surface area contributed by atoms with E-state index in [2.05, 4.69) is 0 Å². The van der Waals surface area contributed by atoms with Crippen LogP contribution in [0, 0.1) is 5.92 Å². The number of hydrogen-bond acceptors (Lipinski definition) is 5. The van der Waals surface area contributed by atoms with E-state index in [0.717, 1.165) is 5.57 Å². The highest BCUT2D eigenvalue weighted by Crippen LogP contribution is 2.46. The van der Waals surface area contributed by atoms with Gasteiger partial charge in [-0.25, -0.2) is 0 Å². The highest BCUT2D eigenvalue weighted by atomic mass is 16.6. The standard InChI is InChI=1S/C14H18O5/c1-8(19-9(2)15)11-7-18-14(3)12(11)5-10(16)6-13(14)17-4/h6,12H,5,7H2,1-4H3/b11-8+/t12-,14+/m0/s1. The molecule has 2 rings (SSSR count). The molecule has 1 heterocycles. The fourth-order valence-electron chi connectivity index (χ4n) is 2.76. The number of hydrogen-bond donors (Lipinski definition) is 0. The fraction of sp³-hybridized carbons (Fsp3) is 0.571. The Hall–Kier alpha value is -1.62. The van der Waals surface area contributed by atoms with Crippen LogP contribution >= 0.6 is 0 Å². The van der Waals surface area contributed by atoms with E-state index in [0.29, 0.717) is 24.5 Å². The minimum Gasteiger partial charge on any atom is -0.498 e. The number of ether oxygens (including phenoxy) is 3. The Morgan fingerprint density at radius 3 is 2.74 bits per heavy atom. The second kappa shape index (κ2) is 4.81. The number of ketones is 1. The Morgan fingerprint density at radius 1 is 1.47 bits per heavy atom. The maximum atomic E-state index is 11.8. The summed E-state index contributed by atoms with van der Waals surface area (Å²) in [6.45, 7) is 5.31. The highest BCUT2D eigenvalue weighted by Gasteiger charge is 2.51. The molecule has 0 aromatic heterocycles. The van der Waals surface area contributed by atoms with Gasteiger partial charge in [-0.15, -0.1) is 0 Å². The van der Waals surface area contributed by atoms with Gasteiger partial charge in [0.1, 0.15) is 17.1 Å². The lowest BCUT2D eigenvalue weighted by Gasteiger charge is -2.34. The van der Waals surface area contributed by atoms with E-state index in [1.165, 1.54) is 20.1 Å². The van der Waals surface area contributed by atoms with Gasteiger partial charge in [-0.1, -0.05) is 0 Å². The van der Waals surface area contributed by atoms with Gasteiger partial charge in [0.25, 0.3) is 0 Å². The molecule has 19 heavy (non-hydrogen) atoms. The SMILES string of the molecule is COC1=CC(=O)C[C@H]2/C(=C(\C)OC(C)=O)CO[C@@]12C. The highest BCUT2D eigenvalue weighted by molar-refractivity contribution is 5.92. The average Bonchev–Trinajstić information content (AvgIpc) is 2.65. The van der Waals surface area contributed by atoms with Crippen LogP contribution in [0.1, 0.15) is 27.2 Å². The van der Waals surface area contributed by atoms with Crippen LogP contribution in [0.5, 0.6) is 0 Å². The van der Waals surface area contributed by atoms with Gasteiger partial charge in [-0.05, 0) is 13.8 Å². The fourth-order valence-corrected chi connectivity index (χ4v) is 2.76. The molecule has 0 saturated carbocycles. The lowest BCUT2D eigenvalue weighted by molar-refractivity contribution is -0.136. The van der Waals surface area contributed by atoms with Crippen molar-refractivity contribution in [3.05, 3.63) is 23.2 Å². The molecule has 1 aliphatic heterocycles. The van der Waals surface area contributed by atoms with E-state index in [-0.39, 0.29) is 17.7 Å². The molecule has 5 heteroatoms. The van der Waals surface area contributed by atoms with Crippen LogP contribution in [0.3, 0.4) is 0 Å². The van der Waals surface area contributed by atoms with Gasteiger partial charge in [0.15, 0.2) is 5.78 Å². The van der Waals surface area contributed by atoms with Crippen molar-refractivity contribution in [3.8, 4) is 0 Å². The van der Waals surface area contributed by atoms with Gasteiger partial charge >= 0.3 is 5.97 Å². The zero-order valence-corrected chi connectivity index (χ0v) is 11.6. The lowest BCUT2D eigenvalue weighted by atomic mass is 9.76. The van der Waals surface area contributed by atoms with Crippen LogP contribution in [0.25, 0.3) is 0 Å². The first-order chi connectivity index (χ1) is 8.88. The predicted molar refractivity (Wildman–Crippen MR) is 67.0 cm³/mol. The molecule has 1 saturated heterocycles. The van der Waals surface area contributed by atoms with Crippen LogP contribution in [-0.4, -0.2) is 31.1 Å². The molecule has 1 aliphatic carbocycles. The van der Waals surface area contributed by atoms with Crippen molar-refractivity contribution < 1.29 is 23.8 Å². The summed E-state index contributed by atoms with van der Waals surface area (Å²) in [7, 11) is 1.52. The summed E-state index contributed by atoms with van der Waals surface area (Å²) in [4.78, 5) is 22.8. The van der Waals surface area contributed by atoms with Gasteiger partial charge in [0.05, 0.1) is 13.7 Å². The maximum absolute atomic E-state index is 11.8. The van der Waals surface area contributed by atoms with Crippen molar-refractivity contribution in [2.45, 2.75) is 32.8 Å². The molecule has 2 aliphatic rings. The minimum atomic E-state index is -0.653. The van der Waals surface area contributed by atoms with Crippen molar-refractivity contribution in [2.75, 3.05) is 13.7 Å². The van der Waals surface area contributed by atoms with Crippen LogP contribution in [0.4, 0.5) is 0 Å². The monoisotopic (exact) mass is 266 g/mol. The molecule has 0 amide bonds. The molecular weight excluding hydrogens is 248 g/mol. The smallest absolute Gasteiger partial charge is 0.307 e. The molecule has 2 atom stereocenters. The van der Waals surface area contributed by atoms with E-state index in [9.17, 15) is 9.59 Å². The largest absolute Gasteiger partial charge is 0.498 e. The summed E-state index contributed by atoms with van der Waals surface area (Å²) in [6.07, 6.45) is 1.83. The molecule has 1 fully saturated rings. The van der Waals surface area contributed by atoms with Gasteiger partial charge in [0, 0.05) is 30.9 Å². The molecule has 0 radical (unpaired) electrons. The third kappa shape index (κ3) is 2.30. The van der Waals surface area contributed by atoms with Gasteiger partial charge < -0.3 is 14.2 Å². The first kappa shape index (κ1) is 13.8. The Balaban J connectivity index is 2.39. The second-order valence-electron chi connectivity index (χ2n) is 5.01. The first-order valence-electron chi connectivity index (χ1n) is 6.19. The number of allylic oxidation sites excluding steroid dienone is 2. The van der Waals surface area contributed by atoms with Gasteiger partial charge in [-0.2, -0.15) is 0 Å². The second-order valence-corrected chi connectivity index (χ2v) is 5.01. The number of esters is 1. The van der Waals surface area contributed by atoms with E-state index in [1.54, 1.807) is 6.92 Å². The Labute approximate surface area is 112 Å². The van der Waals surface area contributed by atoms with Crippen LogP contribution in [0.15, 0.2) is 23.2 Å². The van der Waals surface area contributed by atoms with Crippen LogP contribution < -0.4 is 0 Å². The molecule has 5 nitrogen and oxygen atoms in total. The summed E-state index contributed by atoms with van der Waals surface area (Å²) >= 11 is 0. The lowest BCUT2D eigenvalue weighted by Crippen LogP contribution is -2.40. The normalized spacial score (nSPS) is 32.5. The van der Waals surface area contributed by atoms with Crippen molar-refractivity contribution in [3.63, 3.8) is 0 Å². The molecule has 0 aromatic rings. The zero-order valence-electron chi connectivity index (χ0n) is 11.6. The van der Waals surface area contributed by atoms with Crippen molar-refractivity contribution >= 4 is 11.8 Å². The van der Waals surface area contributed by atoms with Crippen LogP contribution in [0.2, 0.25) is 0 Å². The molecule has 0 N–H and O–H groups in total. The molecule has 0 aromatic carbocycles. The number of carbonyl (C=O) groups excluding carboxylic acids is 2. The predicted octanol–water partition coefficient (Wildman–Crippen LogP) is 1.73. The minimum absolute atomic E-state index is 0.00190. The zero-order chi connectivity index (χ0) is 14.2. The number of fused-ring (bicyclic) bond motifs is 1. The van der Waals surface area contributed by atoms with Gasteiger partial charge in [0.2, 0.25) is 0 Å². The number of rotatable bonds is 2. The Bertz CT molecular complexity index is 488.